The van der Waals surface area contributed by atoms with E-state index < -0.39 is 0 Å². The Balaban J connectivity index is 1.77. The van der Waals surface area contributed by atoms with Crippen molar-refractivity contribution in [2.45, 2.75) is 38.6 Å². The van der Waals surface area contributed by atoms with Crippen LogP contribution in [0.15, 0.2) is 0 Å². The molecule has 8 nitrogen and oxygen atoms in total. The van der Waals surface area contributed by atoms with Gasteiger partial charge >= 0.3 is 5.97 Å². The number of ether oxygens (including phenoxy) is 1. The van der Waals surface area contributed by atoms with Gasteiger partial charge in [-0.2, -0.15) is 5.21 Å². The van der Waals surface area contributed by atoms with E-state index in [2.05, 4.69) is 25.9 Å². The number of esters is 1. The molecular formula is C11H17N5O3. The Morgan fingerprint density at radius 2 is 2.11 bits per heavy atom. The molecule has 2 N–H and O–H groups in total. The van der Waals surface area contributed by atoms with E-state index in [1.807, 2.05) is 0 Å². The highest BCUT2D eigenvalue weighted by Gasteiger charge is 2.28. The zero-order valence-electron chi connectivity index (χ0n) is 10.8. The summed E-state index contributed by atoms with van der Waals surface area (Å²) in [7, 11) is 0. The summed E-state index contributed by atoms with van der Waals surface area (Å²) in [6, 6.07) is 0.0525. The van der Waals surface area contributed by atoms with Crippen molar-refractivity contribution in [1.82, 2.24) is 25.9 Å². The van der Waals surface area contributed by atoms with E-state index >= 15 is 0 Å². The molecule has 0 atom stereocenters. The number of carbonyl (C=O) groups is 2. The van der Waals surface area contributed by atoms with E-state index in [9.17, 15) is 9.59 Å². The van der Waals surface area contributed by atoms with Gasteiger partial charge in [-0.15, -0.1) is 10.2 Å². The van der Waals surface area contributed by atoms with E-state index in [0.717, 1.165) is 25.7 Å². The van der Waals surface area contributed by atoms with Crippen LogP contribution in [-0.4, -0.2) is 45.1 Å². The van der Waals surface area contributed by atoms with Crippen LogP contribution in [0.2, 0.25) is 0 Å². The minimum Gasteiger partial charge on any atom is -0.466 e. The molecule has 0 unspecified atom stereocenters. The van der Waals surface area contributed by atoms with Gasteiger partial charge in [-0.25, -0.2) is 0 Å². The van der Waals surface area contributed by atoms with Gasteiger partial charge in [-0.05, 0) is 37.8 Å². The van der Waals surface area contributed by atoms with Gasteiger partial charge < -0.3 is 10.1 Å². The second-order valence-corrected chi connectivity index (χ2v) is 4.51. The minimum absolute atomic E-state index is 0.0347. The molecule has 1 fully saturated rings. The first-order chi connectivity index (χ1) is 9.20. The highest BCUT2D eigenvalue weighted by molar-refractivity contribution is 5.90. The van der Waals surface area contributed by atoms with Crippen LogP contribution in [0.5, 0.6) is 0 Å². The Bertz CT molecular complexity index is 426. The van der Waals surface area contributed by atoms with Gasteiger partial charge in [0.25, 0.3) is 11.7 Å². The predicted molar refractivity (Wildman–Crippen MR) is 64.0 cm³/mol. The Morgan fingerprint density at radius 1 is 1.37 bits per heavy atom. The fourth-order valence-corrected chi connectivity index (χ4v) is 2.24. The Hall–Kier alpha value is -1.99. The molecule has 0 bridgehead atoms. The summed E-state index contributed by atoms with van der Waals surface area (Å²) in [6.07, 6.45) is 2.98. The molecule has 0 saturated heterocycles. The average Bonchev–Trinajstić information content (AvgIpc) is 2.94. The molecule has 0 aliphatic heterocycles. The molecule has 1 aliphatic rings. The van der Waals surface area contributed by atoms with Crippen LogP contribution in [0.1, 0.15) is 43.2 Å². The molecular weight excluding hydrogens is 250 g/mol. The molecule has 1 saturated carbocycles. The number of hydrogen-bond donors (Lipinski definition) is 2. The third kappa shape index (κ3) is 3.49. The van der Waals surface area contributed by atoms with Crippen molar-refractivity contribution in [1.29, 1.82) is 0 Å². The summed E-state index contributed by atoms with van der Waals surface area (Å²) in [6.45, 7) is 2.21. The summed E-state index contributed by atoms with van der Waals surface area (Å²) >= 11 is 0. The zero-order chi connectivity index (χ0) is 13.7. The van der Waals surface area contributed by atoms with Crippen molar-refractivity contribution in [2.75, 3.05) is 6.61 Å². The lowest BCUT2D eigenvalue weighted by atomic mass is 9.86. The molecule has 1 aromatic heterocycles. The van der Waals surface area contributed by atoms with Gasteiger partial charge in [0.15, 0.2) is 0 Å². The summed E-state index contributed by atoms with van der Waals surface area (Å²) in [5, 5.41) is 15.6. The van der Waals surface area contributed by atoms with Crippen molar-refractivity contribution in [3.05, 3.63) is 5.82 Å². The van der Waals surface area contributed by atoms with Gasteiger partial charge in [-0.1, -0.05) is 0 Å². The third-order valence-electron chi connectivity index (χ3n) is 3.23. The first-order valence-corrected chi connectivity index (χ1v) is 6.41. The topological polar surface area (TPSA) is 110 Å². The van der Waals surface area contributed by atoms with Crippen LogP contribution in [-0.2, 0) is 9.53 Å². The number of rotatable bonds is 4. The van der Waals surface area contributed by atoms with Crippen molar-refractivity contribution in [3.8, 4) is 0 Å². The van der Waals surface area contributed by atoms with Crippen molar-refractivity contribution < 1.29 is 14.3 Å². The van der Waals surface area contributed by atoms with Gasteiger partial charge in [0.05, 0.1) is 12.5 Å². The van der Waals surface area contributed by atoms with E-state index in [0.29, 0.717) is 6.61 Å². The lowest BCUT2D eigenvalue weighted by Crippen LogP contribution is -2.39. The Morgan fingerprint density at radius 3 is 2.68 bits per heavy atom. The minimum atomic E-state index is -0.340. The van der Waals surface area contributed by atoms with Gasteiger partial charge in [0, 0.05) is 6.04 Å². The van der Waals surface area contributed by atoms with E-state index in [1.165, 1.54) is 0 Å². The third-order valence-corrected chi connectivity index (χ3v) is 3.23. The number of nitrogens with zero attached hydrogens (tertiary/aromatic N) is 3. The van der Waals surface area contributed by atoms with Gasteiger partial charge in [-0.3, -0.25) is 9.59 Å². The molecule has 104 valence electrons. The molecule has 0 aromatic carbocycles. The monoisotopic (exact) mass is 267 g/mol. The van der Waals surface area contributed by atoms with Crippen molar-refractivity contribution in [3.63, 3.8) is 0 Å². The zero-order valence-corrected chi connectivity index (χ0v) is 10.8. The molecule has 1 heterocycles. The Labute approximate surface area is 110 Å². The number of aromatic amines is 1. The quantitative estimate of drug-likeness (QED) is 0.746. The molecule has 2 rings (SSSR count). The molecule has 0 radical (unpaired) electrons. The van der Waals surface area contributed by atoms with E-state index in [4.69, 9.17) is 4.74 Å². The molecule has 1 aliphatic carbocycles. The van der Waals surface area contributed by atoms with Crippen LogP contribution < -0.4 is 5.32 Å². The number of tetrazole rings is 1. The molecule has 1 amide bonds. The van der Waals surface area contributed by atoms with Crippen LogP contribution >= 0.6 is 0 Å². The van der Waals surface area contributed by atoms with Gasteiger partial charge in [0.2, 0.25) is 0 Å². The van der Waals surface area contributed by atoms with E-state index in [1.54, 1.807) is 6.92 Å². The van der Waals surface area contributed by atoms with Crippen LogP contribution in [0.4, 0.5) is 0 Å². The summed E-state index contributed by atoms with van der Waals surface area (Å²) in [5.74, 6) is -0.482. The van der Waals surface area contributed by atoms with E-state index in [-0.39, 0.29) is 29.7 Å². The number of aromatic nitrogens is 4. The highest BCUT2D eigenvalue weighted by atomic mass is 16.5. The number of nitrogens with one attached hydrogen (secondary N) is 2. The average molecular weight is 267 g/mol. The maximum atomic E-state index is 11.7. The van der Waals surface area contributed by atoms with Crippen LogP contribution in [0, 0.1) is 5.92 Å². The van der Waals surface area contributed by atoms with Gasteiger partial charge in [0.1, 0.15) is 0 Å². The maximum absolute atomic E-state index is 11.7. The first kappa shape index (κ1) is 13.4. The standard InChI is InChI=1S/C11H17N5O3/c1-2-19-11(18)7-3-5-8(6-4-7)12-10(17)9-13-15-16-14-9/h7-8H,2-6H2,1H3,(H,12,17)(H,13,14,15,16). The highest BCUT2D eigenvalue weighted by Crippen LogP contribution is 2.25. The summed E-state index contributed by atoms with van der Waals surface area (Å²) < 4.78 is 5.00. The number of hydrogen-bond acceptors (Lipinski definition) is 6. The van der Waals surface area contributed by atoms with Crippen LogP contribution in [0.3, 0.4) is 0 Å². The van der Waals surface area contributed by atoms with Crippen LogP contribution in [0.25, 0.3) is 0 Å². The molecule has 19 heavy (non-hydrogen) atoms. The largest absolute Gasteiger partial charge is 0.466 e. The fourth-order valence-electron chi connectivity index (χ4n) is 2.24. The second-order valence-electron chi connectivity index (χ2n) is 4.51. The predicted octanol–water partition coefficient (Wildman–Crippen LogP) is 0.0514. The summed E-state index contributed by atoms with van der Waals surface area (Å²) in [5.41, 5.74) is 0. The lowest BCUT2D eigenvalue weighted by Gasteiger charge is -2.27. The number of amides is 1. The van der Waals surface area contributed by atoms with Crippen molar-refractivity contribution >= 4 is 11.9 Å². The van der Waals surface area contributed by atoms with Crippen molar-refractivity contribution in [2.24, 2.45) is 5.92 Å². The number of H-pyrrole nitrogens is 1. The molecule has 0 spiro atoms. The normalized spacial score (nSPS) is 22.8. The molecule has 8 heteroatoms. The first-order valence-electron chi connectivity index (χ1n) is 6.41. The SMILES string of the molecule is CCOC(=O)C1CCC(NC(=O)c2nn[nH]n2)CC1. The smallest absolute Gasteiger partial charge is 0.308 e. The molecule has 1 aromatic rings. The second kappa shape index (κ2) is 6.26. The number of carbonyl (C=O) groups excluding carboxylic acids is 2. The fraction of sp³-hybridized carbons (Fsp3) is 0.727. The lowest BCUT2D eigenvalue weighted by molar-refractivity contribution is -0.149. The maximum Gasteiger partial charge on any atom is 0.308 e. The Kier molecular flexibility index (Phi) is 4.43. The summed E-state index contributed by atoms with van der Waals surface area (Å²) in [4.78, 5) is 23.3.